The summed E-state index contributed by atoms with van der Waals surface area (Å²) >= 11 is 0. The molecule has 2 saturated heterocycles. The van der Waals surface area contributed by atoms with Crippen molar-refractivity contribution in [3.8, 4) is 0 Å². The Bertz CT molecular complexity index is 215. The number of nitrogens with zero attached hydrogens (tertiary/aromatic N) is 1. The highest BCUT2D eigenvalue weighted by Crippen LogP contribution is 2.23. The van der Waals surface area contributed by atoms with Crippen molar-refractivity contribution < 1.29 is 17.9 Å². The van der Waals surface area contributed by atoms with Crippen molar-refractivity contribution >= 4 is 12.4 Å². The van der Waals surface area contributed by atoms with Crippen molar-refractivity contribution in [3.05, 3.63) is 0 Å². The Morgan fingerprint density at radius 1 is 1.33 bits per heavy atom. The van der Waals surface area contributed by atoms with Crippen LogP contribution in [0.2, 0.25) is 0 Å². The molecule has 0 aliphatic carbocycles. The van der Waals surface area contributed by atoms with E-state index in [4.69, 9.17) is 4.74 Å². The highest BCUT2D eigenvalue weighted by molar-refractivity contribution is 5.85. The molecule has 0 saturated carbocycles. The van der Waals surface area contributed by atoms with Gasteiger partial charge in [0.05, 0.1) is 19.3 Å². The number of nitrogens with one attached hydrogen (secondary N) is 1. The lowest BCUT2D eigenvalue weighted by atomic mass is 10.1. The van der Waals surface area contributed by atoms with E-state index in [-0.39, 0.29) is 24.6 Å². The van der Waals surface area contributed by atoms with Gasteiger partial charge in [-0.05, 0) is 0 Å². The zero-order valence-electron chi connectivity index (χ0n) is 8.09. The van der Waals surface area contributed by atoms with Crippen LogP contribution in [0.4, 0.5) is 13.2 Å². The van der Waals surface area contributed by atoms with E-state index in [1.807, 2.05) is 0 Å². The van der Waals surface area contributed by atoms with Gasteiger partial charge in [-0.1, -0.05) is 0 Å². The predicted molar refractivity (Wildman–Crippen MR) is 51.3 cm³/mol. The van der Waals surface area contributed by atoms with E-state index >= 15 is 0 Å². The van der Waals surface area contributed by atoms with E-state index < -0.39 is 12.7 Å². The van der Waals surface area contributed by atoms with Crippen molar-refractivity contribution in [2.75, 3.05) is 32.8 Å². The minimum atomic E-state index is -4.11. The van der Waals surface area contributed by atoms with Gasteiger partial charge in [0.2, 0.25) is 0 Å². The van der Waals surface area contributed by atoms with Gasteiger partial charge in [0, 0.05) is 25.7 Å². The van der Waals surface area contributed by atoms with Crippen LogP contribution >= 0.6 is 12.4 Å². The summed E-state index contributed by atoms with van der Waals surface area (Å²) in [5, 5.41) is 3.05. The van der Waals surface area contributed by atoms with Crippen molar-refractivity contribution in [2.45, 2.75) is 18.3 Å². The molecule has 2 fully saturated rings. The molecule has 3 nitrogen and oxygen atoms in total. The van der Waals surface area contributed by atoms with Crippen LogP contribution in [-0.4, -0.2) is 56.0 Å². The Morgan fingerprint density at radius 2 is 2.07 bits per heavy atom. The molecule has 0 aromatic carbocycles. The average molecular weight is 247 g/mol. The maximum atomic E-state index is 12.2. The largest absolute Gasteiger partial charge is 0.401 e. The standard InChI is InChI=1S/C8H13F3N2O.ClH/c9-8(10,11)5-13-1-2-14-7-4-12-3-6(7)13;/h6-7,12H,1-5H2;1H/t6-,7+;/m1./s1. The Kier molecular flexibility index (Phi) is 4.22. The van der Waals surface area contributed by atoms with E-state index in [1.165, 1.54) is 4.90 Å². The second-order valence-electron chi connectivity index (χ2n) is 3.72. The molecule has 7 heteroatoms. The Hall–Kier alpha value is -0.0400. The Balaban J connectivity index is 0.00000112. The lowest BCUT2D eigenvalue weighted by Gasteiger charge is -2.37. The molecular formula is C8H14ClF3N2O. The van der Waals surface area contributed by atoms with Gasteiger partial charge < -0.3 is 10.1 Å². The fourth-order valence-corrected chi connectivity index (χ4v) is 2.09. The molecule has 90 valence electrons. The van der Waals surface area contributed by atoms with E-state index in [0.29, 0.717) is 26.2 Å². The van der Waals surface area contributed by atoms with Crippen LogP contribution < -0.4 is 5.32 Å². The van der Waals surface area contributed by atoms with Gasteiger partial charge in [0.1, 0.15) is 0 Å². The molecule has 2 rings (SSSR count). The second-order valence-corrected chi connectivity index (χ2v) is 3.72. The summed E-state index contributed by atoms with van der Waals surface area (Å²) in [6, 6.07) is -0.106. The van der Waals surface area contributed by atoms with Crippen LogP contribution in [0.15, 0.2) is 0 Å². The molecule has 0 amide bonds. The van der Waals surface area contributed by atoms with Crippen LogP contribution in [0, 0.1) is 0 Å². The van der Waals surface area contributed by atoms with Crippen molar-refractivity contribution in [1.29, 1.82) is 0 Å². The Labute approximate surface area is 92.4 Å². The molecular weight excluding hydrogens is 233 g/mol. The highest BCUT2D eigenvalue weighted by Gasteiger charge is 2.41. The number of rotatable bonds is 1. The van der Waals surface area contributed by atoms with E-state index in [9.17, 15) is 13.2 Å². The minimum Gasteiger partial charge on any atom is -0.374 e. The molecule has 0 unspecified atom stereocenters. The van der Waals surface area contributed by atoms with Crippen molar-refractivity contribution in [1.82, 2.24) is 10.2 Å². The maximum Gasteiger partial charge on any atom is 0.401 e. The lowest BCUT2D eigenvalue weighted by molar-refractivity contribution is -0.166. The maximum absolute atomic E-state index is 12.2. The fourth-order valence-electron chi connectivity index (χ4n) is 2.09. The first kappa shape index (κ1) is 13.0. The van der Waals surface area contributed by atoms with Gasteiger partial charge in [-0.25, -0.2) is 0 Å². The second kappa shape index (κ2) is 4.86. The summed E-state index contributed by atoms with van der Waals surface area (Å²) in [5.74, 6) is 0. The molecule has 15 heavy (non-hydrogen) atoms. The number of ether oxygens (including phenoxy) is 1. The van der Waals surface area contributed by atoms with Crippen LogP contribution in [0.3, 0.4) is 0 Å². The summed E-state index contributed by atoms with van der Waals surface area (Å²) < 4.78 is 42.0. The van der Waals surface area contributed by atoms with Crippen molar-refractivity contribution in [3.63, 3.8) is 0 Å². The molecule has 0 aromatic rings. The molecule has 0 spiro atoms. The molecule has 2 aliphatic rings. The summed E-state index contributed by atoms with van der Waals surface area (Å²) in [7, 11) is 0. The number of fused-ring (bicyclic) bond motifs is 1. The molecule has 2 aliphatic heterocycles. The average Bonchev–Trinajstić information content (AvgIpc) is 2.49. The summed E-state index contributed by atoms with van der Waals surface area (Å²) in [6.07, 6.45) is -4.17. The number of morpholine rings is 1. The van der Waals surface area contributed by atoms with Crippen LogP contribution in [0.25, 0.3) is 0 Å². The quantitative estimate of drug-likeness (QED) is 0.735. The molecule has 0 radical (unpaired) electrons. The predicted octanol–water partition coefficient (Wildman–Crippen LogP) is 0.643. The van der Waals surface area contributed by atoms with Crippen LogP contribution in [0.5, 0.6) is 0 Å². The third-order valence-corrected chi connectivity index (χ3v) is 2.69. The van der Waals surface area contributed by atoms with E-state index in [0.717, 1.165) is 0 Å². The number of halogens is 4. The van der Waals surface area contributed by atoms with E-state index in [2.05, 4.69) is 5.32 Å². The summed E-state index contributed by atoms with van der Waals surface area (Å²) in [4.78, 5) is 1.47. The van der Waals surface area contributed by atoms with Gasteiger partial charge in [-0.3, -0.25) is 4.90 Å². The monoisotopic (exact) mass is 246 g/mol. The SMILES string of the molecule is Cl.FC(F)(F)CN1CCO[C@H]2CNC[C@H]21. The molecule has 2 atom stereocenters. The summed E-state index contributed by atoms with van der Waals surface area (Å²) in [6.45, 7) is 1.22. The highest BCUT2D eigenvalue weighted by atomic mass is 35.5. The van der Waals surface area contributed by atoms with Gasteiger partial charge in [0.15, 0.2) is 0 Å². The molecule has 0 bridgehead atoms. The van der Waals surface area contributed by atoms with Gasteiger partial charge in [-0.2, -0.15) is 13.2 Å². The van der Waals surface area contributed by atoms with Gasteiger partial charge in [0.25, 0.3) is 0 Å². The van der Waals surface area contributed by atoms with E-state index in [1.54, 1.807) is 0 Å². The summed E-state index contributed by atoms with van der Waals surface area (Å²) in [5.41, 5.74) is 0. The number of hydrogen-bond donors (Lipinski definition) is 1. The first-order valence-corrected chi connectivity index (χ1v) is 4.69. The lowest BCUT2D eigenvalue weighted by Crippen LogP contribution is -2.53. The number of alkyl halides is 3. The Morgan fingerprint density at radius 3 is 2.73 bits per heavy atom. The molecule has 1 N–H and O–H groups in total. The van der Waals surface area contributed by atoms with Crippen molar-refractivity contribution in [2.24, 2.45) is 0 Å². The first-order chi connectivity index (χ1) is 6.56. The molecule has 2 heterocycles. The number of hydrogen-bond acceptors (Lipinski definition) is 3. The third-order valence-electron chi connectivity index (χ3n) is 2.69. The smallest absolute Gasteiger partial charge is 0.374 e. The minimum absolute atomic E-state index is 0. The zero-order chi connectivity index (χ0) is 10.2. The fraction of sp³-hybridized carbons (Fsp3) is 1.00. The topological polar surface area (TPSA) is 24.5 Å². The third kappa shape index (κ3) is 3.21. The van der Waals surface area contributed by atoms with Crippen LogP contribution in [-0.2, 0) is 4.74 Å². The van der Waals surface area contributed by atoms with Gasteiger partial charge >= 0.3 is 6.18 Å². The first-order valence-electron chi connectivity index (χ1n) is 4.69. The van der Waals surface area contributed by atoms with Gasteiger partial charge in [-0.15, -0.1) is 12.4 Å². The zero-order valence-corrected chi connectivity index (χ0v) is 8.90. The van der Waals surface area contributed by atoms with Crippen LogP contribution in [0.1, 0.15) is 0 Å². The normalized spacial score (nSPS) is 32.2. The molecule has 0 aromatic heterocycles.